The van der Waals surface area contributed by atoms with Gasteiger partial charge in [-0.25, -0.2) is 0 Å². The zero-order valence-corrected chi connectivity index (χ0v) is 11.5. The highest BCUT2D eigenvalue weighted by atomic mass is 16.5. The summed E-state index contributed by atoms with van der Waals surface area (Å²) in [5, 5.41) is 12.6. The van der Waals surface area contributed by atoms with Crippen LogP contribution in [0.15, 0.2) is 0 Å². The van der Waals surface area contributed by atoms with E-state index < -0.39 is 6.10 Å². The van der Waals surface area contributed by atoms with Crippen LogP contribution in [0.25, 0.3) is 0 Å². The van der Waals surface area contributed by atoms with Gasteiger partial charge in [-0.2, -0.15) is 0 Å². The van der Waals surface area contributed by atoms with Crippen LogP contribution in [0.1, 0.15) is 20.3 Å². The molecule has 0 aromatic carbocycles. The zero-order valence-electron chi connectivity index (χ0n) is 11.5. The van der Waals surface area contributed by atoms with Crippen LogP contribution in [0.3, 0.4) is 0 Å². The van der Waals surface area contributed by atoms with Gasteiger partial charge in [0.15, 0.2) is 0 Å². The Hall–Kier alpha value is -0.690. The molecule has 6 nitrogen and oxygen atoms in total. The van der Waals surface area contributed by atoms with Crippen molar-refractivity contribution in [2.24, 2.45) is 0 Å². The first kappa shape index (κ1) is 17.3. The van der Waals surface area contributed by atoms with Gasteiger partial charge in [0.1, 0.15) is 0 Å². The van der Waals surface area contributed by atoms with Crippen LogP contribution in [0.4, 0.5) is 0 Å². The molecule has 0 amide bonds. The van der Waals surface area contributed by atoms with E-state index in [2.05, 4.69) is 5.32 Å². The third kappa shape index (κ3) is 10.5. The predicted molar refractivity (Wildman–Crippen MR) is 67.4 cm³/mol. The smallest absolute Gasteiger partial charge is 0.307 e. The first-order valence-electron chi connectivity index (χ1n) is 6.25. The van der Waals surface area contributed by atoms with Crippen molar-refractivity contribution in [3.63, 3.8) is 0 Å². The molecule has 108 valence electrons. The maximum Gasteiger partial charge on any atom is 0.307 e. The molecule has 0 aromatic rings. The van der Waals surface area contributed by atoms with Crippen LogP contribution in [0.2, 0.25) is 0 Å². The lowest BCUT2D eigenvalue weighted by Gasteiger charge is -2.16. The molecule has 0 saturated heterocycles. The van der Waals surface area contributed by atoms with Gasteiger partial charge in [-0.05, 0) is 13.8 Å². The summed E-state index contributed by atoms with van der Waals surface area (Å²) >= 11 is 0. The van der Waals surface area contributed by atoms with Crippen molar-refractivity contribution in [3.8, 4) is 0 Å². The Morgan fingerprint density at radius 2 is 2.11 bits per heavy atom. The fraction of sp³-hybridized carbons (Fsp3) is 0.917. The molecule has 0 aliphatic rings. The SMILES string of the molecule is CCOC(=O)CCNCC(O)COC(C)COC. The molecule has 0 radical (unpaired) electrons. The van der Waals surface area contributed by atoms with Crippen LogP contribution in [0.5, 0.6) is 0 Å². The molecule has 0 fully saturated rings. The number of carbonyl (C=O) groups is 1. The average molecular weight is 263 g/mol. The molecule has 0 aliphatic carbocycles. The summed E-state index contributed by atoms with van der Waals surface area (Å²) in [6, 6.07) is 0. The van der Waals surface area contributed by atoms with E-state index in [1.54, 1.807) is 14.0 Å². The fourth-order valence-electron chi connectivity index (χ4n) is 1.31. The number of methoxy groups -OCH3 is 1. The maximum atomic E-state index is 11.0. The van der Waals surface area contributed by atoms with E-state index in [4.69, 9.17) is 14.2 Å². The van der Waals surface area contributed by atoms with Gasteiger partial charge in [0.25, 0.3) is 0 Å². The standard InChI is InChI=1S/C12H25NO5/c1-4-17-12(15)5-6-13-7-11(14)9-18-10(2)8-16-3/h10-11,13-14H,4-9H2,1-3H3. The number of aliphatic hydroxyl groups is 1. The number of rotatable bonds is 11. The summed E-state index contributed by atoms with van der Waals surface area (Å²) in [7, 11) is 1.60. The second kappa shape index (κ2) is 11.4. The molecule has 2 atom stereocenters. The van der Waals surface area contributed by atoms with Crippen LogP contribution in [0, 0.1) is 0 Å². The minimum Gasteiger partial charge on any atom is -0.466 e. The third-order valence-electron chi connectivity index (χ3n) is 2.17. The number of esters is 1. The summed E-state index contributed by atoms with van der Waals surface area (Å²) in [4.78, 5) is 11.0. The van der Waals surface area contributed by atoms with Gasteiger partial charge >= 0.3 is 5.97 Å². The molecular formula is C12H25NO5. The van der Waals surface area contributed by atoms with Gasteiger partial charge in [-0.1, -0.05) is 0 Å². The Morgan fingerprint density at radius 1 is 1.39 bits per heavy atom. The second-order valence-corrected chi connectivity index (χ2v) is 4.01. The van der Waals surface area contributed by atoms with Crippen molar-refractivity contribution in [2.45, 2.75) is 32.5 Å². The van der Waals surface area contributed by atoms with Crippen molar-refractivity contribution in [3.05, 3.63) is 0 Å². The molecular weight excluding hydrogens is 238 g/mol. The first-order chi connectivity index (χ1) is 8.60. The molecule has 2 N–H and O–H groups in total. The molecule has 0 aliphatic heterocycles. The van der Waals surface area contributed by atoms with Crippen LogP contribution < -0.4 is 5.32 Å². The normalized spacial score (nSPS) is 14.2. The topological polar surface area (TPSA) is 77.0 Å². The van der Waals surface area contributed by atoms with Crippen molar-refractivity contribution in [2.75, 3.05) is 40.0 Å². The zero-order chi connectivity index (χ0) is 13.8. The lowest BCUT2D eigenvalue weighted by molar-refractivity contribution is -0.143. The minimum atomic E-state index is -0.591. The van der Waals surface area contributed by atoms with Crippen LogP contribution in [-0.2, 0) is 19.0 Å². The van der Waals surface area contributed by atoms with Gasteiger partial charge in [0, 0.05) is 20.2 Å². The largest absolute Gasteiger partial charge is 0.466 e. The number of nitrogens with one attached hydrogen (secondary N) is 1. The van der Waals surface area contributed by atoms with E-state index >= 15 is 0 Å². The number of aliphatic hydroxyl groups excluding tert-OH is 1. The van der Waals surface area contributed by atoms with E-state index in [-0.39, 0.29) is 18.7 Å². The molecule has 0 spiro atoms. The number of hydrogen-bond acceptors (Lipinski definition) is 6. The average Bonchev–Trinajstić information content (AvgIpc) is 2.33. The number of hydrogen-bond donors (Lipinski definition) is 2. The predicted octanol–water partition coefficient (Wildman–Crippen LogP) is -0.0584. The third-order valence-corrected chi connectivity index (χ3v) is 2.17. The fourth-order valence-corrected chi connectivity index (χ4v) is 1.31. The summed E-state index contributed by atoms with van der Waals surface area (Å²) in [5.41, 5.74) is 0. The van der Waals surface area contributed by atoms with Crippen LogP contribution >= 0.6 is 0 Å². The molecule has 2 unspecified atom stereocenters. The van der Waals surface area contributed by atoms with E-state index in [1.165, 1.54) is 0 Å². The quantitative estimate of drug-likeness (QED) is 0.402. The lowest BCUT2D eigenvalue weighted by atomic mass is 10.3. The highest BCUT2D eigenvalue weighted by molar-refractivity contribution is 5.69. The van der Waals surface area contributed by atoms with E-state index in [1.807, 2.05) is 6.92 Å². The monoisotopic (exact) mass is 263 g/mol. The highest BCUT2D eigenvalue weighted by Crippen LogP contribution is 1.93. The lowest BCUT2D eigenvalue weighted by Crippen LogP contribution is -2.33. The summed E-state index contributed by atoms with van der Waals surface area (Å²) in [5.74, 6) is -0.232. The second-order valence-electron chi connectivity index (χ2n) is 4.01. The van der Waals surface area contributed by atoms with Crippen molar-refractivity contribution >= 4 is 5.97 Å². The van der Waals surface area contributed by atoms with Crippen molar-refractivity contribution in [1.29, 1.82) is 0 Å². The Kier molecular flexibility index (Phi) is 11.0. The summed E-state index contributed by atoms with van der Waals surface area (Å²) < 4.78 is 15.0. The molecule has 0 heterocycles. The Labute approximate surface area is 109 Å². The van der Waals surface area contributed by atoms with E-state index in [0.29, 0.717) is 32.7 Å². The minimum absolute atomic E-state index is 0.0378. The maximum absolute atomic E-state index is 11.0. The Bertz CT molecular complexity index is 213. The van der Waals surface area contributed by atoms with Crippen molar-refractivity contribution in [1.82, 2.24) is 5.32 Å². The molecule has 0 bridgehead atoms. The summed E-state index contributed by atoms with van der Waals surface area (Å²) in [6.07, 6.45) is -0.322. The molecule has 0 saturated carbocycles. The molecule has 0 aromatic heterocycles. The van der Waals surface area contributed by atoms with E-state index in [0.717, 1.165) is 0 Å². The van der Waals surface area contributed by atoms with Crippen molar-refractivity contribution < 1.29 is 24.1 Å². The van der Waals surface area contributed by atoms with Gasteiger partial charge in [-0.15, -0.1) is 0 Å². The Morgan fingerprint density at radius 3 is 2.72 bits per heavy atom. The Balaban J connectivity index is 3.42. The van der Waals surface area contributed by atoms with Crippen LogP contribution in [-0.4, -0.2) is 63.3 Å². The van der Waals surface area contributed by atoms with Gasteiger partial charge in [0.2, 0.25) is 0 Å². The number of ether oxygens (including phenoxy) is 3. The summed E-state index contributed by atoms with van der Waals surface area (Å²) in [6.45, 7) is 5.67. The molecule has 6 heteroatoms. The van der Waals surface area contributed by atoms with Gasteiger partial charge in [-0.3, -0.25) is 4.79 Å². The van der Waals surface area contributed by atoms with Gasteiger partial charge < -0.3 is 24.6 Å². The molecule has 0 rings (SSSR count). The first-order valence-corrected chi connectivity index (χ1v) is 6.25. The number of carbonyl (C=O) groups excluding carboxylic acids is 1. The van der Waals surface area contributed by atoms with Gasteiger partial charge in [0.05, 0.1) is 38.4 Å². The highest BCUT2D eigenvalue weighted by Gasteiger charge is 2.08. The van der Waals surface area contributed by atoms with E-state index in [9.17, 15) is 9.90 Å². The molecule has 18 heavy (non-hydrogen) atoms.